The predicted molar refractivity (Wildman–Crippen MR) is 46.2 cm³/mol. The molecular weight excluding hydrogens is 157 g/mol. The molecule has 0 aliphatic rings. The van der Waals surface area contributed by atoms with E-state index in [1.807, 2.05) is 0 Å². The van der Waals surface area contributed by atoms with E-state index in [9.17, 15) is 4.39 Å². The highest BCUT2D eigenvalue weighted by atomic mass is 19.1. The molecule has 3 N–H and O–H groups in total. The minimum absolute atomic E-state index is 0.339. The van der Waals surface area contributed by atoms with Gasteiger partial charge in [-0.1, -0.05) is 18.2 Å². The maximum absolute atomic E-state index is 12.5. The van der Waals surface area contributed by atoms with Crippen LogP contribution in [0.3, 0.4) is 0 Å². The molecule has 1 aromatic carbocycles. The topological polar surface area (TPSA) is 46.2 Å². The maximum atomic E-state index is 12.5. The molecule has 0 bridgehead atoms. The van der Waals surface area contributed by atoms with Crippen molar-refractivity contribution in [3.05, 3.63) is 35.7 Å². The van der Waals surface area contributed by atoms with Crippen molar-refractivity contribution in [2.24, 2.45) is 5.73 Å². The molecule has 0 saturated heterocycles. The van der Waals surface area contributed by atoms with E-state index in [0.29, 0.717) is 6.54 Å². The van der Waals surface area contributed by atoms with Crippen LogP contribution in [0.1, 0.15) is 5.56 Å². The van der Waals surface area contributed by atoms with E-state index < -0.39 is 5.82 Å². The third-order valence-electron chi connectivity index (χ3n) is 1.42. The van der Waals surface area contributed by atoms with Crippen molar-refractivity contribution in [3.63, 3.8) is 0 Å². The molecule has 12 heavy (non-hydrogen) atoms. The van der Waals surface area contributed by atoms with Crippen molar-refractivity contribution in [1.29, 1.82) is 0 Å². The highest BCUT2D eigenvalue weighted by molar-refractivity contribution is 5.51. The van der Waals surface area contributed by atoms with Crippen molar-refractivity contribution in [3.8, 4) is 5.75 Å². The van der Waals surface area contributed by atoms with Gasteiger partial charge in [0.15, 0.2) is 11.6 Å². The average molecular weight is 167 g/mol. The normalized spacial score (nSPS) is 10.8. The second-order valence-corrected chi connectivity index (χ2v) is 2.35. The van der Waals surface area contributed by atoms with Crippen LogP contribution in [-0.4, -0.2) is 11.7 Å². The number of hydrogen-bond donors (Lipinski definition) is 2. The Kier molecular flexibility index (Phi) is 2.82. The van der Waals surface area contributed by atoms with Crippen molar-refractivity contribution >= 4 is 6.08 Å². The SMILES string of the molecule is NCC=Cc1ccc(F)c(O)c1. The summed E-state index contributed by atoms with van der Waals surface area (Å²) >= 11 is 0. The number of phenolic OH excluding ortho intramolecular Hbond substituents is 1. The van der Waals surface area contributed by atoms with Gasteiger partial charge in [-0.2, -0.15) is 0 Å². The lowest BCUT2D eigenvalue weighted by atomic mass is 10.2. The summed E-state index contributed by atoms with van der Waals surface area (Å²) in [5.41, 5.74) is 5.96. The number of nitrogens with two attached hydrogens (primary N) is 1. The van der Waals surface area contributed by atoms with E-state index in [0.717, 1.165) is 5.56 Å². The quantitative estimate of drug-likeness (QED) is 0.701. The van der Waals surface area contributed by atoms with Crippen LogP contribution in [0.4, 0.5) is 4.39 Å². The Labute approximate surface area is 70.1 Å². The van der Waals surface area contributed by atoms with Crippen LogP contribution < -0.4 is 5.73 Å². The van der Waals surface area contributed by atoms with Crippen molar-refractivity contribution in [2.75, 3.05) is 6.54 Å². The third-order valence-corrected chi connectivity index (χ3v) is 1.42. The fourth-order valence-corrected chi connectivity index (χ4v) is 0.837. The first-order chi connectivity index (χ1) is 5.74. The largest absolute Gasteiger partial charge is 0.505 e. The van der Waals surface area contributed by atoms with E-state index in [4.69, 9.17) is 10.8 Å². The molecule has 2 nitrogen and oxygen atoms in total. The van der Waals surface area contributed by atoms with E-state index in [2.05, 4.69) is 0 Å². The van der Waals surface area contributed by atoms with Gasteiger partial charge in [0.1, 0.15) is 0 Å². The number of aromatic hydroxyl groups is 1. The van der Waals surface area contributed by atoms with E-state index in [1.54, 1.807) is 18.2 Å². The Bertz CT molecular complexity index is 297. The van der Waals surface area contributed by atoms with Gasteiger partial charge in [0.25, 0.3) is 0 Å². The smallest absolute Gasteiger partial charge is 0.164 e. The molecule has 0 aliphatic heterocycles. The van der Waals surface area contributed by atoms with Crippen molar-refractivity contribution in [2.45, 2.75) is 0 Å². The summed E-state index contributed by atoms with van der Waals surface area (Å²) < 4.78 is 12.5. The molecule has 0 fully saturated rings. The number of benzene rings is 1. The van der Waals surface area contributed by atoms with Gasteiger partial charge in [-0.3, -0.25) is 0 Å². The first-order valence-corrected chi connectivity index (χ1v) is 3.59. The van der Waals surface area contributed by atoms with Gasteiger partial charge < -0.3 is 10.8 Å². The van der Waals surface area contributed by atoms with Gasteiger partial charge in [0.2, 0.25) is 0 Å². The monoisotopic (exact) mass is 167 g/mol. The first-order valence-electron chi connectivity index (χ1n) is 3.59. The van der Waals surface area contributed by atoms with Gasteiger partial charge in [-0.05, 0) is 17.7 Å². The maximum Gasteiger partial charge on any atom is 0.164 e. The minimum atomic E-state index is -0.611. The van der Waals surface area contributed by atoms with Gasteiger partial charge in [0, 0.05) is 6.54 Å². The van der Waals surface area contributed by atoms with Crippen LogP contribution in [-0.2, 0) is 0 Å². The summed E-state index contributed by atoms with van der Waals surface area (Å²) in [6, 6.07) is 4.13. The van der Waals surface area contributed by atoms with Crippen molar-refractivity contribution in [1.82, 2.24) is 0 Å². The number of hydrogen-bond acceptors (Lipinski definition) is 2. The molecular formula is C9H10FNO. The van der Waals surface area contributed by atoms with E-state index in [-0.39, 0.29) is 5.75 Å². The summed E-state index contributed by atoms with van der Waals surface area (Å²) in [4.78, 5) is 0. The van der Waals surface area contributed by atoms with Crippen LogP contribution in [0.15, 0.2) is 24.3 Å². The molecule has 3 heteroatoms. The molecule has 0 saturated carbocycles. The molecule has 1 rings (SSSR count). The zero-order valence-corrected chi connectivity index (χ0v) is 6.50. The molecule has 64 valence electrons. The van der Waals surface area contributed by atoms with E-state index >= 15 is 0 Å². The molecule has 0 spiro atoms. The fraction of sp³-hybridized carbons (Fsp3) is 0.111. The Morgan fingerprint density at radius 2 is 2.25 bits per heavy atom. The van der Waals surface area contributed by atoms with Gasteiger partial charge in [-0.25, -0.2) is 4.39 Å². The Hall–Kier alpha value is -1.35. The fourth-order valence-electron chi connectivity index (χ4n) is 0.837. The Morgan fingerprint density at radius 1 is 1.50 bits per heavy atom. The molecule has 0 atom stereocenters. The molecule has 0 unspecified atom stereocenters. The Morgan fingerprint density at radius 3 is 2.83 bits per heavy atom. The third kappa shape index (κ3) is 2.07. The number of phenols is 1. The average Bonchev–Trinajstić information content (AvgIpc) is 2.07. The number of rotatable bonds is 2. The predicted octanol–water partition coefficient (Wildman–Crippen LogP) is 1.50. The summed E-state index contributed by atoms with van der Waals surface area (Å²) in [7, 11) is 0. The highest BCUT2D eigenvalue weighted by Gasteiger charge is 1.97. The lowest BCUT2D eigenvalue weighted by molar-refractivity contribution is 0.432. The molecule has 1 aromatic rings. The summed E-state index contributed by atoms with van der Waals surface area (Å²) in [6.45, 7) is 0.429. The van der Waals surface area contributed by atoms with Crippen LogP contribution in [0.2, 0.25) is 0 Å². The first kappa shape index (κ1) is 8.74. The van der Waals surface area contributed by atoms with Gasteiger partial charge in [-0.15, -0.1) is 0 Å². The van der Waals surface area contributed by atoms with Crippen molar-refractivity contribution < 1.29 is 9.50 Å². The summed E-state index contributed by atoms with van der Waals surface area (Å²) in [5.74, 6) is -0.950. The van der Waals surface area contributed by atoms with Crippen LogP contribution >= 0.6 is 0 Å². The van der Waals surface area contributed by atoms with Crippen LogP contribution in [0.5, 0.6) is 5.75 Å². The Balaban J connectivity index is 2.89. The lowest BCUT2D eigenvalue weighted by Gasteiger charge is -1.96. The van der Waals surface area contributed by atoms with Gasteiger partial charge >= 0.3 is 0 Å². The number of halogens is 1. The highest BCUT2D eigenvalue weighted by Crippen LogP contribution is 2.17. The van der Waals surface area contributed by atoms with Gasteiger partial charge in [0.05, 0.1) is 0 Å². The molecule has 0 aromatic heterocycles. The summed E-state index contributed by atoms with van der Waals surface area (Å²) in [6.07, 6.45) is 3.45. The summed E-state index contributed by atoms with van der Waals surface area (Å²) in [5, 5.41) is 8.96. The molecule has 0 radical (unpaired) electrons. The zero-order chi connectivity index (χ0) is 8.97. The molecule has 0 heterocycles. The second kappa shape index (κ2) is 3.88. The van der Waals surface area contributed by atoms with E-state index in [1.165, 1.54) is 12.1 Å². The van der Waals surface area contributed by atoms with Crippen LogP contribution in [0, 0.1) is 5.82 Å². The second-order valence-electron chi connectivity index (χ2n) is 2.35. The minimum Gasteiger partial charge on any atom is -0.505 e. The molecule has 0 aliphatic carbocycles. The standard InChI is InChI=1S/C9H10FNO/c10-8-4-3-7(2-1-5-11)6-9(8)12/h1-4,6,12H,5,11H2. The van der Waals surface area contributed by atoms with Crippen LogP contribution in [0.25, 0.3) is 6.08 Å². The molecule has 0 amide bonds. The lowest BCUT2D eigenvalue weighted by Crippen LogP contribution is -1.91. The zero-order valence-electron chi connectivity index (χ0n) is 6.50.